The number of benzene rings is 1. The third-order valence-corrected chi connectivity index (χ3v) is 5.26. The topological polar surface area (TPSA) is 84.1 Å². The summed E-state index contributed by atoms with van der Waals surface area (Å²) in [5.41, 5.74) is 5.07. The molecule has 0 bridgehead atoms. The molecular weight excluding hydrogens is 390 g/mol. The summed E-state index contributed by atoms with van der Waals surface area (Å²) < 4.78 is 5.36. The fourth-order valence-corrected chi connectivity index (χ4v) is 4.05. The standard InChI is InChI=1S/C25H27N3O3/c1-25(2,3)31-24(30)27-18-14-20-22(21(29)15-18)19(13-16-7-5-4-6-8-16)23(28-20)17-9-11-26-12-10-17/h4-12,18,28H,13-15H2,1-3H3,(H,27,30). The van der Waals surface area contributed by atoms with Crippen molar-refractivity contribution in [2.75, 3.05) is 0 Å². The fourth-order valence-electron chi connectivity index (χ4n) is 4.05. The molecule has 1 amide bonds. The normalized spacial score (nSPS) is 16.0. The summed E-state index contributed by atoms with van der Waals surface area (Å²) in [5.74, 6) is 0.0322. The molecule has 1 atom stereocenters. The van der Waals surface area contributed by atoms with Crippen molar-refractivity contribution in [3.05, 3.63) is 77.2 Å². The molecule has 0 saturated heterocycles. The molecular formula is C25H27N3O3. The van der Waals surface area contributed by atoms with Gasteiger partial charge in [-0.05, 0) is 44.0 Å². The number of fused-ring (bicyclic) bond motifs is 1. The Bertz CT molecular complexity index is 1080. The van der Waals surface area contributed by atoms with E-state index in [1.54, 1.807) is 12.4 Å². The van der Waals surface area contributed by atoms with Crippen LogP contribution in [0.5, 0.6) is 0 Å². The number of hydrogen-bond donors (Lipinski definition) is 2. The van der Waals surface area contributed by atoms with Crippen molar-refractivity contribution in [2.24, 2.45) is 0 Å². The quantitative estimate of drug-likeness (QED) is 0.645. The first kappa shape index (κ1) is 20.8. The molecule has 31 heavy (non-hydrogen) atoms. The molecule has 0 aliphatic heterocycles. The van der Waals surface area contributed by atoms with Crippen LogP contribution < -0.4 is 5.32 Å². The van der Waals surface area contributed by atoms with Crippen LogP contribution in [-0.2, 0) is 17.6 Å². The smallest absolute Gasteiger partial charge is 0.407 e. The summed E-state index contributed by atoms with van der Waals surface area (Å²) in [5, 5.41) is 2.85. The minimum Gasteiger partial charge on any atom is -0.444 e. The maximum Gasteiger partial charge on any atom is 0.407 e. The Kier molecular flexibility index (Phi) is 5.63. The molecule has 4 rings (SSSR count). The van der Waals surface area contributed by atoms with Crippen LogP contribution in [-0.4, -0.2) is 33.5 Å². The summed E-state index contributed by atoms with van der Waals surface area (Å²) in [6.45, 7) is 5.45. The van der Waals surface area contributed by atoms with E-state index in [1.807, 2.05) is 51.1 Å². The summed E-state index contributed by atoms with van der Waals surface area (Å²) in [4.78, 5) is 33.0. The molecule has 160 valence electrons. The zero-order chi connectivity index (χ0) is 22.0. The monoisotopic (exact) mass is 417 g/mol. The molecule has 0 fully saturated rings. The van der Waals surface area contributed by atoms with Gasteiger partial charge in [-0.25, -0.2) is 4.79 Å². The first-order valence-electron chi connectivity index (χ1n) is 10.5. The highest BCUT2D eigenvalue weighted by Gasteiger charge is 2.33. The third kappa shape index (κ3) is 4.85. The number of Topliss-reactive ketones (excluding diaryl/α,β-unsaturated/α-hetero) is 1. The summed E-state index contributed by atoms with van der Waals surface area (Å²) in [6, 6.07) is 13.7. The van der Waals surface area contributed by atoms with Gasteiger partial charge in [0.05, 0.1) is 5.69 Å². The molecule has 1 aromatic carbocycles. The second-order valence-corrected chi connectivity index (χ2v) is 8.90. The number of pyridine rings is 1. The maximum absolute atomic E-state index is 13.2. The van der Waals surface area contributed by atoms with E-state index in [4.69, 9.17) is 4.74 Å². The van der Waals surface area contributed by atoms with E-state index in [9.17, 15) is 9.59 Å². The predicted molar refractivity (Wildman–Crippen MR) is 119 cm³/mol. The number of alkyl carbamates (subject to hydrolysis) is 1. The van der Waals surface area contributed by atoms with Gasteiger partial charge in [0.15, 0.2) is 5.78 Å². The number of carbonyl (C=O) groups excluding carboxylic acids is 2. The number of ether oxygens (including phenoxy) is 1. The Hall–Kier alpha value is -3.41. The number of hydrogen-bond acceptors (Lipinski definition) is 4. The Morgan fingerprint density at radius 2 is 1.84 bits per heavy atom. The van der Waals surface area contributed by atoms with Crippen molar-refractivity contribution in [3.63, 3.8) is 0 Å². The van der Waals surface area contributed by atoms with Gasteiger partial charge in [-0.2, -0.15) is 0 Å². The van der Waals surface area contributed by atoms with Gasteiger partial charge in [0.2, 0.25) is 0 Å². The van der Waals surface area contributed by atoms with Crippen molar-refractivity contribution in [1.29, 1.82) is 0 Å². The summed E-state index contributed by atoms with van der Waals surface area (Å²) in [6.07, 6.45) is 4.45. The Balaban J connectivity index is 1.67. The van der Waals surface area contributed by atoms with E-state index in [1.165, 1.54) is 0 Å². The largest absolute Gasteiger partial charge is 0.444 e. The molecule has 3 aromatic rings. The maximum atomic E-state index is 13.2. The highest BCUT2D eigenvalue weighted by molar-refractivity contribution is 6.02. The second-order valence-electron chi connectivity index (χ2n) is 8.90. The molecule has 2 aromatic heterocycles. The number of carbonyl (C=O) groups is 2. The van der Waals surface area contributed by atoms with Crippen LogP contribution in [0.1, 0.15) is 54.4 Å². The number of rotatable bonds is 4. The minimum absolute atomic E-state index is 0.0322. The van der Waals surface area contributed by atoms with Crippen molar-refractivity contribution in [3.8, 4) is 11.3 Å². The SMILES string of the molecule is CC(C)(C)OC(=O)NC1CC(=O)c2c([nH]c(-c3ccncc3)c2Cc2ccccc2)C1. The average molecular weight is 418 g/mol. The summed E-state index contributed by atoms with van der Waals surface area (Å²) in [7, 11) is 0. The Morgan fingerprint density at radius 3 is 2.52 bits per heavy atom. The van der Waals surface area contributed by atoms with Gasteiger partial charge in [0.25, 0.3) is 0 Å². The lowest BCUT2D eigenvalue weighted by molar-refractivity contribution is 0.0500. The van der Waals surface area contributed by atoms with Crippen molar-refractivity contribution in [1.82, 2.24) is 15.3 Å². The van der Waals surface area contributed by atoms with Gasteiger partial charge < -0.3 is 15.0 Å². The molecule has 6 nitrogen and oxygen atoms in total. The first-order chi connectivity index (χ1) is 14.8. The number of H-pyrrole nitrogens is 1. The number of nitrogens with zero attached hydrogens (tertiary/aromatic N) is 1. The third-order valence-electron chi connectivity index (χ3n) is 5.26. The highest BCUT2D eigenvalue weighted by atomic mass is 16.6. The van der Waals surface area contributed by atoms with Crippen LogP contribution in [0.3, 0.4) is 0 Å². The van der Waals surface area contributed by atoms with Gasteiger partial charge in [-0.15, -0.1) is 0 Å². The Morgan fingerprint density at radius 1 is 1.13 bits per heavy atom. The summed E-state index contributed by atoms with van der Waals surface area (Å²) >= 11 is 0. The molecule has 0 radical (unpaired) electrons. The van der Waals surface area contributed by atoms with Crippen LogP contribution in [0, 0.1) is 0 Å². The number of aromatic amines is 1. The number of aromatic nitrogens is 2. The zero-order valence-corrected chi connectivity index (χ0v) is 18.1. The van der Waals surface area contributed by atoms with E-state index in [-0.39, 0.29) is 18.2 Å². The molecule has 0 spiro atoms. The van der Waals surface area contributed by atoms with Gasteiger partial charge in [0, 0.05) is 54.5 Å². The number of amides is 1. The average Bonchev–Trinajstić information content (AvgIpc) is 3.06. The lowest BCUT2D eigenvalue weighted by atomic mass is 9.87. The number of ketones is 1. The number of nitrogens with one attached hydrogen (secondary N) is 2. The van der Waals surface area contributed by atoms with Crippen LogP contribution in [0.2, 0.25) is 0 Å². The van der Waals surface area contributed by atoms with E-state index in [0.717, 1.165) is 33.6 Å². The van der Waals surface area contributed by atoms with Crippen LogP contribution >= 0.6 is 0 Å². The minimum atomic E-state index is -0.586. The van der Waals surface area contributed by atoms with E-state index >= 15 is 0 Å². The van der Waals surface area contributed by atoms with E-state index < -0.39 is 11.7 Å². The van der Waals surface area contributed by atoms with Gasteiger partial charge in [0.1, 0.15) is 5.60 Å². The van der Waals surface area contributed by atoms with Gasteiger partial charge in [-0.1, -0.05) is 30.3 Å². The Labute approximate surface area is 182 Å². The van der Waals surface area contributed by atoms with Crippen molar-refractivity contribution < 1.29 is 14.3 Å². The van der Waals surface area contributed by atoms with Gasteiger partial charge >= 0.3 is 6.09 Å². The highest BCUT2D eigenvalue weighted by Crippen LogP contribution is 2.34. The van der Waals surface area contributed by atoms with Crippen molar-refractivity contribution >= 4 is 11.9 Å². The molecule has 1 aliphatic rings. The molecule has 6 heteroatoms. The van der Waals surface area contributed by atoms with E-state index in [2.05, 4.69) is 27.4 Å². The molecule has 2 heterocycles. The lowest BCUT2D eigenvalue weighted by Gasteiger charge is -2.25. The molecule has 1 unspecified atom stereocenters. The molecule has 1 aliphatic carbocycles. The van der Waals surface area contributed by atoms with Crippen LogP contribution in [0.15, 0.2) is 54.9 Å². The van der Waals surface area contributed by atoms with Crippen LogP contribution in [0.25, 0.3) is 11.3 Å². The zero-order valence-electron chi connectivity index (χ0n) is 18.1. The second kappa shape index (κ2) is 8.38. The lowest BCUT2D eigenvalue weighted by Crippen LogP contribution is -2.43. The molecule has 0 saturated carbocycles. The molecule has 2 N–H and O–H groups in total. The van der Waals surface area contributed by atoms with Gasteiger partial charge in [-0.3, -0.25) is 9.78 Å². The van der Waals surface area contributed by atoms with Crippen molar-refractivity contribution in [2.45, 2.75) is 51.7 Å². The predicted octanol–water partition coefficient (Wildman–Crippen LogP) is 4.69. The fraction of sp³-hybridized carbons (Fsp3) is 0.320. The first-order valence-corrected chi connectivity index (χ1v) is 10.5. The van der Waals surface area contributed by atoms with E-state index in [0.29, 0.717) is 12.8 Å². The van der Waals surface area contributed by atoms with Crippen LogP contribution in [0.4, 0.5) is 4.79 Å².